The first-order chi connectivity index (χ1) is 10.0. The molecule has 110 valence electrons. The number of thioether (sulfide) groups is 1. The highest BCUT2D eigenvalue weighted by molar-refractivity contribution is 8.00. The second-order valence-corrected chi connectivity index (χ2v) is 6.12. The quantitative estimate of drug-likeness (QED) is 0.655. The predicted molar refractivity (Wildman–Crippen MR) is 85.2 cm³/mol. The van der Waals surface area contributed by atoms with Gasteiger partial charge in [-0.3, -0.25) is 9.36 Å². The number of carbonyl (C=O) groups is 1. The van der Waals surface area contributed by atoms with E-state index in [1.807, 2.05) is 16.7 Å². The molecule has 1 atom stereocenters. The molecule has 1 aromatic heterocycles. The van der Waals surface area contributed by atoms with E-state index in [0.29, 0.717) is 22.5 Å². The lowest BCUT2D eigenvalue weighted by Gasteiger charge is -2.10. The minimum Gasteiger partial charge on any atom is -0.369 e. The molecule has 0 spiro atoms. The van der Waals surface area contributed by atoms with Crippen LogP contribution in [0.5, 0.6) is 0 Å². The first kappa shape index (κ1) is 15.6. The number of allylic oxidation sites excluding steroid dienone is 1. The van der Waals surface area contributed by atoms with Gasteiger partial charge >= 0.3 is 0 Å². The van der Waals surface area contributed by atoms with Crippen LogP contribution in [0.2, 0.25) is 5.02 Å². The lowest BCUT2D eigenvalue weighted by Crippen LogP contribution is -2.23. The average Bonchev–Trinajstić information content (AvgIpc) is 2.83. The average molecular weight is 323 g/mol. The van der Waals surface area contributed by atoms with Crippen molar-refractivity contribution in [3.63, 3.8) is 0 Å². The summed E-state index contributed by atoms with van der Waals surface area (Å²) in [6.45, 7) is 6.02. The van der Waals surface area contributed by atoms with E-state index in [0.717, 1.165) is 5.56 Å². The van der Waals surface area contributed by atoms with Gasteiger partial charge in [0, 0.05) is 17.1 Å². The Balaban J connectivity index is 2.38. The molecular weight excluding hydrogens is 308 g/mol. The number of halogens is 1. The summed E-state index contributed by atoms with van der Waals surface area (Å²) in [6.07, 6.45) is 1.75. The van der Waals surface area contributed by atoms with Crippen molar-refractivity contribution in [2.24, 2.45) is 5.73 Å². The summed E-state index contributed by atoms with van der Waals surface area (Å²) in [5, 5.41) is 9.25. The molecular formula is C14H15ClN4OS. The van der Waals surface area contributed by atoms with Gasteiger partial charge in [0.05, 0.1) is 5.25 Å². The van der Waals surface area contributed by atoms with Crippen LogP contribution in [0.1, 0.15) is 6.92 Å². The van der Waals surface area contributed by atoms with Crippen molar-refractivity contribution in [1.29, 1.82) is 0 Å². The van der Waals surface area contributed by atoms with Crippen LogP contribution in [0.3, 0.4) is 0 Å². The first-order valence-corrected chi connectivity index (χ1v) is 7.54. The fourth-order valence-electron chi connectivity index (χ4n) is 1.70. The Bertz CT molecular complexity index is 653. The molecule has 0 aliphatic heterocycles. The minimum absolute atomic E-state index is 0.379. The van der Waals surface area contributed by atoms with Crippen LogP contribution in [-0.4, -0.2) is 25.9 Å². The Morgan fingerprint density at radius 2 is 2.14 bits per heavy atom. The van der Waals surface area contributed by atoms with Gasteiger partial charge in [0.1, 0.15) is 0 Å². The van der Waals surface area contributed by atoms with Crippen LogP contribution < -0.4 is 5.73 Å². The molecule has 2 N–H and O–H groups in total. The fraction of sp³-hybridized carbons (Fsp3) is 0.214. The molecule has 1 unspecified atom stereocenters. The Morgan fingerprint density at radius 3 is 2.71 bits per heavy atom. The molecule has 0 bridgehead atoms. The van der Waals surface area contributed by atoms with Gasteiger partial charge in [0.2, 0.25) is 5.91 Å². The van der Waals surface area contributed by atoms with Gasteiger partial charge in [-0.1, -0.05) is 29.4 Å². The Kier molecular flexibility index (Phi) is 5.03. The highest BCUT2D eigenvalue weighted by atomic mass is 35.5. The lowest BCUT2D eigenvalue weighted by atomic mass is 10.2. The van der Waals surface area contributed by atoms with E-state index < -0.39 is 0 Å². The fourth-order valence-corrected chi connectivity index (χ4v) is 2.63. The maximum Gasteiger partial charge on any atom is 0.230 e. The zero-order chi connectivity index (χ0) is 15.4. The van der Waals surface area contributed by atoms with Crippen LogP contribution in [0.25, 0.3) is 11.4 Å². The van der Waals surface area contributed by atoms with Crippen LogP contribution >= 0.6 is 23.4 Å². The van der Waals surface area contributed by atoms with Gasteiger partial charge in [-0.25, -0.2) is 0 Å². The molecule has 5 nitrogen and oxygen atoms in total. The van der Waals surface area contributed by atoms with Crippen molar-refractivity contribution in [3.05, 3.63) is 41.9 Å². The SMILES string of the molecule is C=CCn1c(SC(C)C(N)=O)nnc1-c1ccc(Cl)cc1. The summed E-state index contributed by atoms with van der Waals surface area (Å²) in [4.78, 5) is 11.2. The Hall–Kier alpha value is -1.79. The summed E-state index contributed by atoms with van der Waals surface area (Å²) in [6, 6.07) is 7.33. The maximum atomic E-state index is 11.2. The van der Waals surface area contributed by atoms with E-state index in [-0.39, 0.29) is 11.2 Å². The second kappa shape index (κ2) is 6.78. The van der Waals surface area contributed by atoms with Gasteiger partial charge in [-0.05, 0) is 31.2 Å². The van der Waals surface area contributed by atoms with E-state index >= 15 is 0 Å². The number of nitrogens with two attached hydrogens (primary N) is 1. The molecule has 0 saturated carbocycles. The maximum absolute atomic E-state index is 11.2. The van der Waals surface area contributed by atoms with Crippen molar-refractivity contribution in [3.8, 4) is 11.4 Å². The van der Waals surface area contributed by atoms with E-state index in [1.54, 1.807) is 25.1 Å². The summed E-state index contributed by atoms with van der Waals surface area (Å²) < 4.78 is 1.89. The first-order valence-electron chi connectivity index (χ1n) is 6.29. The molecule has 2 rings (SSSR count). The summed E-state index contributed by atoms with van der Waals surface area (Å²) in [5.41, 5.74) is 6.19. The third-order valence-electron chi connectivity index (χ3n) is 2.81. The number of aromatic nitrogens is 3. The molecule has 0 radical (unpaired) electrons. The lowest BCUT2D eigenvalue weighted by molar-refractivity contribution is -0.117. The third-order valence-corrected chi connectivity index (χ3v) is 4.16. The van der Waals surface area contributed by atoms with Crippen LogP contribution in [0.15, 0.2) is 42.1 Å². The van der Waals surface area contributed by atoms with E-state index in [9.17, 15) is 4.79 Å². The standard InChI is InChI=1S/C14H15ClN4OS/c1-3-8-19-13(10-4-6-11(15)7-5-10)17-18-14(19)21-9(2)12(16)20/h3-7,9H,1,8H2,2H3,(H2,16,20). The largest absolute Gasteiger partial charge is 0.369 e. The van der Waals surface area contributed by atoms with Crippen LogP contribution in [0.4, 0.5) is 0 Å². The highest BCUT2D eigenvalue weighted by Crippen LogP contribution is 2.27. The molecule has 1 amide bonds. The predicted octanol–water partition coefficient (Wildman–Crippen LogP) is 2.75. The minimum atomic E-state index is -0.388. The van der Waals surface area contributed by atoms with Gasteiger partial charge < -0.3 is 5.73 Å². The number of primary amides is 1. The Morgan fingerprint density at radius 1 is 1.48 bits per heavy atom. The molecule has 21 heavy (non-hydrogen) atoms. The van der Waals surface area contributed by atoms with E-state index in [4.69, 9.17) is 17.3 Å². The molecule has 1 aromatic carbocycles. The van der Waals surface area contributed by atoms with Gasteiger partial charge in [-0.2, -0.15) is 0 Å². The number of hydrogen-bond acceptors (Lipinski definition) is 4. The highest BCUT2D eigenvalue weighted by Gasteiger charge is 2.18. The van der Waals surface area contributed by atoms with Gasteiger partial charge in [0.15, 0.2) is 11.0 Å². The number of nitrogens with zero attached hydrogens (tertiary/aromatic N) is 3. The Labute approximate surface area is 132 Å². The number of rotatable bonds is 6. The number of amides is 1. The van der Waals surface area contributed by atoms with Gasteiger partial charge in [-0.15, -0.1) is 16.8 Å². The summed E-state index contributed by atoms with van der Waals surface area (Å²) >= 11 is 7.17. The summed E-state index contributed by atoms with van der Waals surface area (Å²) in [5.74, 6) is 0.312. The molecule has 0 fully saturated rings. The monoisotopic (exact) mass is 322 g/mol. The van der Waals surface area contributed by atoms with E-state index in [2.05, 4.69) is 16.8 Å². The third kappa shape index (κ3) is 3.65. The molecule has 0 saturated heterocycles. The number of hydrogen-bond donors (Lipinski definition) is 1. The molecule has 1 heterocycles. The van der Waals surface area contributed by atoms with Crippen molar-refractivity contribution in [2.75, 3.05) is 0 Å². The van der Waals surface area contributed by atoms with Crippen molar-refractivity contribution >= 4 is 29.3 Å². The topological polar surface area (TPSA) is 73.8 Å². The van der Waals surface area contributed by atoms with Gasteiger partial charge in [0.25, 0.3) is 0 Å². The van der Waals surface area contributed by atoms with Crippen LogP contribution in [0, 0.1) is 0 Å². The number of carbonyl (C=O) groups excluding carboxylic acids is 1. The normalized spacial score (nSPS) is 12.1. The summed E-state index contributed by atoms with van der Waals surface area (Å²) in [7, 11) is 0. The number of benzene rings is 1. The molecule has 0 aliphatic rings. The molecule has 2 aromatic rings. The second-order valence-electron chi connectivity index (χ2n) is 4.37. The van der Waals surface area contributed by atoms with Crippen molar-refractivity contribution < 1.29 is 4.79 Å². The smallest absolute Gasteiger partial charge is 0.230 e. The zero-order valence-electron chi connectivity index (χ0n) is 11.5. The molecule has 7 heteroatoms. The van der Waals surface area contributed by atoms with Crippen LogP contribution in [-0.2, 0) is 11.3 Å². The van der Waals surface area contributed by atoms with Crippen molar-refractivity contribution in [2.45, 2.75) is 23.9 Å². The van der Waals surface area contributed by atoms with Crippen molar-refractivity contribution in [1.82, 2.24) is 14.8 Å². The molecule has 0 aliphatic carbocycles. The van der Waals surface area contributed by atoms with E-state index in [1.165, 1.54) is 11.8 Å². The zero-order valence-corrected chi connectivity index (χ0v) is 13.1.